The molecule has 0 saturated carbocycles. The zero-order valence-electron chi connectivity index (χ0n) is 17.5. The molecule has 146 valence electrons. The second-order valence-corrected chi connectivity index (χ2v) is 6.93. The van der Waals surface area contributed by atoms with Crippen molar-refractivity contribution >= 4 is 11.4 Å². The van der Waals surface area contributed by atoms with Crippen LogP contribution in [-0.4, -0.2) is 17.9 Å². The van der Waals surface area contributed by atoms with Crippen LogP contribution in [0.2, 0.25) is 0 Å². The average Bonchev–Trinajstić information content (AvgIpc) is 2.73. The Labute approximate surface area is 168 Å². The molecule has 0 unspecified atom stereocenters. The lowest BCUT2D eigenvalue weighted by Gasteiger charge is -2.17. The van der Waals surface area contributed by atoms with Crippen LogP contribution in [0.1, 0.15) is 49.2 Å². The maximum Gasteiger partial charge on any atom is 0.194 e. The number of benzene rings is 1. The van der Waals surface area contributed by atoms with Gasteiger partial charge in [0.15, 0.2) is 5.78 Å². The van der Waals surface area contributed by atoms with E-state index < -0.39 is 0 Å². The van der Waals surface area contributed by atoms with E-state index in [4.69, 9.17) is 4.74 Å². The molecule has 1 aromatic carbocycles. The Morgan fingerprint density at radius 3 is 2.57 bits per heavy atom. The van der Waals surface area contributed by atoms with E-state index in [1.165, 1.54) is 5.56 Å². The summed E-state index contributed by atoms with van der Waals surface area (Å²) in [4.78, 5) is 17.1. The van der Waals surface area contributed by atoms with Gasteiger partial charge in [0.25, 0.3) is 0 Å². The summed E-state index contributed by atoms with van der Waals surface area (Å²) in [5.41, 5.74) is 5.39. The summed E-state index contributed by atoms with van der Waals surface area (Å²) < 4.78 is 5.34. The molecule has 0 radical (unpaired) electrons. The van der Waals surface area contributed by atoms with Crippen LogP contribution in [0.5, 0.6) is 5.75 Å². The molecule has 1 heterocycles. The van der Waals surface area contributed by atoms with Crippen molar-refractivity contribution in [3.63, 3.8) is 0 Å². The van der Waals surface area contributed by atoms with E-state index in [0.717, 1.165) is 28.9 Å². The number of ether oxygens (including phenoxy) is 1. The number of Topliss-reactive ketones (excluding diaryl/α,β-unsaturated/α-hetero) is 1. The van der Waals surface area contributed by atoms with E-state index >= 15 is 0 Å². The molecule has 0 aliphatic rings. The van der Waals surface area contributed by atoms with E-state index in [1.54, 1.807) is 31.6 Å². The van der Waals surface area contributed by atoms with Gasteiger partial charge in [0.2, 0.25) is 0 Å². The largest absolute Gasteiger partial charge is 0.497 e. The Kier molecular flexibility index (Phi) is 7.51. The van der Waals surface area contributed by atoms with Gasteiger partial charge in [-0.15, -0.1) is 0 Å². The summed E-state index contributed by atoms with van der Waals surface area (Å²) in [7, 11) is 1.67. The number of rotatable bonds is 8. The van der Waals surface area contributed by atoms with Gasteiger partial charge in [0, 0.05) is 23.5 Å². The monoisotopic (exact) mass is 375 g/mol. The zero-order valence-corrected chi connectivity index (χ0v) is 17.5. The van der Waals surface area contributed by atoms with Crippen LogP contribution in [0.15, 0.2) is 72.6 Å². The zero-order chi connectivity index (χ0) is 20.7. The standard InChI is InChI=1S/C25H29NO2/c1-7-19-15-21(28-6)11-12-23(19)18(5)14-24(17(3)4)22(8-2)25(27)20-10-9-13-26-16-20/h8-17H,5,7H2,1-4,6H3/b22-8+,24-14+. The number of carbonyl (C=O) groups is 1. The quantitative estimate of drug-likeness (QED) is 0.319. The van der Waals surface area contributed by atoms with Crippen LogP contribution >= 0.6 is 0 Å². The SMILES string of the molecule is C=C(/C=C(/C(=C\C)C(=O)c1cccnc1)C(C)C)c1ccc(OC)cc1CC. The highest BCUT2D eigenvalue weighted by molar-refractivity contribution is 6.11. The first-order valence-corrected chi connectivity index (χ1v) is 9.62. The third kappa shape index (κ3) is 4.86. The molecule has 0 fully saturated rings. The minimum Gasteiger partial charge on any atom is -0.497 e. The van der Waals surface area contributed by atoms with Crippen molar-refractivity contribution in [1.29, 1.82) is 0 Å². The summed E-state index contributed by atoms with van der Waals surface area (Å²) in [6.45, 7) is 12.5. The molecule has 0 aliphatic heterocycles. The van der Waals surface area contributed by atoms with Crippen molar-refractivity contribution in [1.82, 2.24) is 4.98 Å². The number of aryl methyl sites for hydroxylation is 1. The Morgan fingerprint density at radius 2 is 2.04 bits per heavy atom. The fourth-order valence-corrected chi connectivity index (χ4v) is 3.21. The van der Waals surface area contributed by atoms with Crippen molar-refractivity contribution in [2.75, 3.05) is 7.11 Å². The van der Waals surface area contributed by atoms with Gasteiger partial charge >= 0.3 is 0 Å². The van der Waals surface area contributed by atoms with Crippen molar-refractivity contribution in [3.8, 4) is 5.75 Å². The van der Waals surface area contributed by atoms with Crippen molar-refractivity contribution in [3.05, 3.63) is 89.3 Å². The Balaban J connectivity index is 2.46. The normalized spacial score (nSPS) is 12.2. The number of nitrogens with zero attached hydrogens (tertiary/aromatic N) is 1. The number of methoxy groups -OCH3 is 1. The molecule has 0 N–H and O–H groups in total. The lowest BCUT2D eigenvalue weighted by atomic mass is 9.87. The summed E-state index contributed by atoms with van der Waals surface area (Å²) in [5.74, 6) is 0.989. The number of ketones is 1. The van der Waals surface area contributed by atoms with Crippen LogP contribution in [0.3, 0.4) is 0 Å². The van der Waals surface area contributed by atoms with E-state index in [-0.39, 0.29) is 11.7 Å². The van der Waals surface area contributed by atoms with Gasteiger partial charge in [-0.3, -0.25) is 9.78 Å². The molecule has 0 bridgehead atoms. The van der Waals surface area contributed by atoms with Crippen molar-refractivity contribution in [2.24, 2.45) is 5.92 Å². The molecule has 2 rings (SSSR count). The summed E-state index contributed by atoms with van der Waals surface area (Å²) in [6, 6.07) is 9.60. The Bertz CT molecular complexity index is 905. The van der Waals surface area contributed by atoms with Crippen LogP contribution in [0, 0.1) is 5.92 Å². The number of hydrogen-bond donors (Lipinski definition) is 0. The molecule has 3 nitrogen and oxygen atoms in total. The Hall–Kier alpha value is -2.94. The van der Waals surface area contributed by atoms with E-state index in [2.05, 4.69) is 32.3 Å². The molecule has 0 amide bonds. The van der Waals surface area contributed by atoms with Crippen molar-refractivity contribution in [2.45, 2.75) is 34.1 Å². The van der Waals surface area contributed by atoms with Crippen LogP contribution < -0.4 is 4.74 Å². The molecule has 0 spiro atoms. The van der Waals surface area contributed by atoms with E-state index in [0.29, 0.717) is 11.1 Å². The maximum atomic E-state index is 13.1. The van der Waals surface area contributed by atoms with Gasteiger partial charge in [0.1, 0.15) is 5.75 Å². The minimum atomic E-state index is -0.0196. The predicted octanol–water partition coefficient (Wildman–Crippen LogP) is 6.08. The molecular formula is C25H29NO2. The second-order valence-electron chi connectivity index (χ2n) is 6.93. The lowest BCUT2D eigenvalue weighted by Crippen LogP contribution is -2.10. The Morgan fingerprint density at radius 1 is 1.29 bits per heavy atom. The van der Waals surface area contributed by atoms with Crippen molar-refractivity contribution < 1.29 is 9.53 Å². The number of pyridine rings is 1. The molecule has 0 atom stereocenters. The fourth-order valence-electron chi connectivity index (χ4n) is 3.21. The molecule has 28 heavy (non-hydrogen) atoms. The maximum absolute atomic E-state index is 13.1. The molecule has 0 saturated heterocycles. The van der Waals surface area contributed by atoms with Gasteiger partial charge in [-0.1, -0.05) is 45.6 Å². The predicted molar refractivity (Wildman–Crippen MR) is 117 cm³/mol. The molecule has 1 aromatic heterocycles. The second kappa shape index (κ2) is 9.84. The third-order valence-electron chi connectivity index (χ3n) is 4.76. The van der Waals surface area contributed by atoms with Gasteiger partial charge in [-0.2, -0.15) is 0 Å². The molecule has 2 aromatic rings. The number of allylic oxidation sites excluding steroid dienone is 5. The highest BCUT2D eigenvalue weighted by atomic mass is 16.5. The highest BCUT2D eigenvalue weighted by Crippen LogP contribution is 2.30. The topological polar surface area (TPSA) is 39.2 Å². The summed E-state index contributed by atoms with van der Waals surface area (Å²) in [5, 5.41) is 0. The molecule has 3 heteroatoms. The highest BCUT2D eigenvalue weighted by Gasteiger charge is 2.19. The lowest BCUT2D eigenvalue weighted by molar-refractivity contribution is 0.103. The minimum absolute atomic E-state index is 0.0196. The van der Waals surface area contributed by atoms with Crippen LogP contribution in [0.4, 0.5) is 0 Å². The molecule has 0 aliphatic carbocycles. The van der Waals surface area contributed by atoms with Gasteiger partial charge in [0.05, 0.1) is 7.11 Å². The molecular weight excluding hydrogens is 346 g/mol. The number of carbonyl (C=O) groups excluding carboxylic acids is 1. The average molecular weight is 376 g/mol. The fraction of sp³-hybridized carbons (Fsp3) is 0.280. The smallest absolute Gasteiger partial charge is 0.194 e. The third-order valence-corrected chi connectivity index (χ3v) is 4.76. The number of aromatic nitrogens is 1. The van der Waals surface area contributed by atoms with Gasteiger partial charge < -0.3 is 4.74 Å². The summed E-state index contributed by atoms with van der Waals surface area (Å²) >= 11 is 0. The number of hydrogen-bond acceptors (Lipinski definition) is 3. The first kappa shape index (κ1) is 21.4. The van der Waals surface area contributed by atoms with Gasteiger partial charge in [-0.25, -0.2) is 0 Å². The first-order valence-electron chi connectivity index (χ1n) is 9.62. The van der Waals surface area contributed by atoms with Gasteiger partial charge in [-0.05, 0) is 65.8 Å². The van der Waals surface area contributed by atoms with E-state index in [9.17, 15) is 4.79 Å². The van der Waals surface area contributed by atoms with E-state index in [1.807, 2.05) is 37.3 Å². The summed E-state index contributed by atoms with van der Waals surface area (Å²) in [6.07, 6.45) is 8.07. The van der Waals surface area contributed by atoms with Crippen LogP contribution in [0.25, 0.3) is 5.57 Å². The van der Waals surface area contributed by atoms with Crippen LogP contribution in [-0.2, 0) is 6.42 Å². The first-order chi connectivity index (χ1) is 13.4.